The number of halogens is 2. The van der Waals surface area contributed by atoms with Crippen LogP contribution in [0.4, 0.5) is 5.69 Å². The third-order valence-electron chi connectivity index (χ3n) is 3.39. The molecule has 0 fully saturated rings. The van der Waals surface area contributed by atoms with Crippen LogP contribution in [-0.2, 0) is 11.3 Å². The normalized spacial score (nSPS) is 10.6. The molecule has 0 radical (unpaired) electrons. The van der Waals surface area contributed by atoms with Crippen molar-refractivity contribution in [1.29, 1.82) is 0 Å². The van der Waals surface area contributed by atoms with Gasteiger partial charge < -0.3 is 20.7 Å². The van der Waals surface area contributed by atoms with Crippen LogP contribution in [0.2, 0.25) is 5.02 Å². The fourth-order valence-electron chi connectivity index (χ4n) is 2.26. The van der Waals surface area contributed by atoms with Gasteiger partial charge in [-0.3, -0.25) is 9.79 Å². The molecule has 146 valence electrons. The summed E-state index contributed by atoms with van der Waals surface area (Å²) in [5.41, 5.74) is 1.79. The summed E-state index contributed by atoms with van der Waals surface area (Å²) in [6.07, 6.45) is 0. The largest absolute Gasteiger partial charge is 0.492 e. The molecule has 0 saturated carbocycles. The molecule has 0 aromatic heterocycles. The molecule has 6 nitrogen and oxygen atoms in total. The van der Waals surface area contributed by atoms with Gasteiger partial charge in [0.05, 0.1) is 6.54 Å². The van der Waals surface area contributed by atoms with Crippen LogP contribution < -0.4 is 20.7 Å². The Bertz CT molecular complexity index is 771. The van der Waals surface area contributed by atoms with E-state index in [1.807, 2.05) is 42.5 Å². The number of amides is 1. The molecule has 0 unspecified atom stereocenters. The first-order valence-electron chi connectivity index (χ1n) is 8.26. The monoisotopic (exact) mass is 502 g/mol. The minimum Gasteiger partial charge on any atom is -0.492 e. The predicted molar refractivity (Wildman–Crippen MR) is 121 cm³/mol. The van der Waals surface area contributed by atoms with Gasteiger partial charge in [0.1, 0.15) is 12.4 Å². The number of anilines is 1. The van der Waals surface area contributed by atoms with Crippen LogP contribution in [0, 0.1) is 0 Å². The number of rotatable bonds is 7. The van der Waals surface area contributed by atoms with Gasteiger partial charge in [-0.2, -0.15) is 0 Å². The molecule has 0 aliphatic carbocycles. The van der Waals surface area contributed by atoms with Crippen molar-refractivity contribution < 1.29 is 9.53 Å². The number of hydrogen-bond donors (Lipinski definition) is 3. The SMILES string of the molecule is CN=C(NCCOc1cccc(NC(C)=O)c1)NCc1cccc(Cl)c1.I. The molecular formula is C19H24ClIN4O2. The van der Waals surface area contributed by atoms with Crippen LogP contribution in [0.25, 0.3) is 0 Å². The van der Waals surface area contributed by atoms with Crippen LogP contribution >= 0.6 is 35.6 Å². The lowest BCUT2D eigenvalue weighted by atomic mass is 10.2. The number of ether oxygens (including phenoxy) is 1. The van der Waals surface area contributed by atoms with E-state index in [9.17, 15) is 4.79 Å². The van der Waals surface area contributed by atoms with E-state index in [2.05, 4.69) is 20.9 Å². The number of carbonyl (C=O) groups is 1. The van der Waals surface area contributed by atoms with Crippen molar-refractivity contribution in [2.24, 2.45) is 4.99 Å². The first-order valence-corrected chi connectivity index (χ1v) is 8.64. The maximum Gasteiger partial charge on any atom is 0.221 e. The lowest BCUT2D eigenvalue weighted by Crippen LogP contribution is -2.38. The molecule has 2 aromatic rings. The Labute approximate surface area is 181 Å². The zero-order valence-electron chi connectivity index (χ0n) is 15.3. The van der Waals surface area contributed by atoms with E-state index in [4.69, 9.17) is 16.3 Å². The molecule has 1 amide bonds. The summed E-state index contributed by atoms with van der Waals surface area (Å²) in [5, 5.41) is 9.84. The number of benzene rings is 2. The van der Waals surface area contributed by atoms with Gasteiger partial charge in [0, 0.05) is 37.3 Å². The summed E-state index contributed by atoms with van der Waals surface area (Å²) < 4.78 is 5.69. The molecule has 2 aromatic carbocycles. The zero-order valence-corrected chi connectivity index (χ0v) is 18.4. The predicted octanol–water partition coefficient (Wildman–Crippen LogP) is 3.66. The molecule has 0 aliphatic heterocycles. The number of aliphatic imine (C=N–C) groups is 1. The molecule has 0 spiro atoms. The Morgan fingerprint density at radius 1 is 1.15 bits per heavy atom. The van der Waals surface area contributed by atoms with Crippen LogP contribution in [-0.4, -0.2) is 32.1 Å². The van der Waals surface area contributed by atoms with E-state index < -0.39 is 0 Å². The number of guanidine groups is 1. The highest BCUT2D eigenvalue weighted by molar-refractivity contribution is 14.0. The molecule has 2 rings (SSSR count). The molecule has 0 saturated heterocycles. The van der Waals surface area contributed by atoms with E-state index in [1.165, 1.54) is 6.92 Å². The lowest BCUT2D eigenvalue weighted by molar-refractivity contribution is -0.114. The molecule has 27 heavy (non-hydrogen) atoms. The summed E-state index contributed by atoms with van der Waals surface area (Å²) in [6, 6.07) is 14.9. The van der Waals surface area contributed by atoms with Gasteiger partial charge in [0.25, 0.3) is 0 Å². The van der Waals surface area contributed by atoms with Crippen molar-refractivity contribution >= 4 is 53.1 Å². The fourth-order valence-corrected chi connectivity index (χ4v) is 2.47. The van der Waals surface area contributed by atoms with Crippen LogP contribution in [0.1, 0.15) is 12.5 Å². The van der Waals surface area contributed by atoms with Gasteiger partial charge in [-0.1, -0.05) is 29.8 Å². The van der Waals surface area contributed by atoms with Crippen LogP contribution in [0.3, 0.4) is 0 Å². The maximum absolute atomic E-state index is 11.1. The van der Waals surface area contributed by atoms with E-state index in [0.717, 1.165) is 5.56 Å². The Kier molecular flexibility index (Phi) is 10.6. The van der Waals surface area contributed by atoms with Gasteiger partial charge in [-0.25, -0.2) is 0 Å². The molecule has 0 bridgehead atoms. The van der Waals surface area contributed by atoms with Crippen molar-refractivity contribution in [2.45, 2.75) is 13.5 Å². The topological polar surface area (TPSA) is 74.8 Å². The average molecular weight is 503 g/mol. The molecule has 0 heterocycles. The van der Waals surface area contributed by atoms with Crippen molar-refractivity contribution in [3.63, 3.8) is 0 Å². The number of carbonyl (C=O) groups excluding carboxylic acids is 1. The first-order chi connectivity index (χ1) is 12.6. The second-order valence-electron chi connectivity index (χ2n) is 5.54. The number of hydrogen-bond acceptors (Lipinski definition) is 3. The van der Waals surface area contributed by atoms with Crippen molar-refractivity contribution in [1.82, 2.24) is 10.6 Å². The highest BCUT2D eigenvalue weighted by Gasteiger charge is 2.01. The molecular weight excluding hydrogens is 479 g/mol. The quantitative estimate of drug-likeness (QED) is 0.234. The lowest BCUT2D eigenvalue weighted by Gasteiger charge is -2.13. The molecule has 3 N–H and O–H groups in total. The van der Waals surface area contributed by atoms with Crippen molar-refractivity contribution in [2.75, 3.05) is 25.5 Å². The smallest absolute Gasteiger partial charge is 0.221 e. The minimum absolute atomic E-state index is 0. The summed E-state index contributed by atoms with van der Waals surface area (Å²) in [7, 11) is 1.71. The maximum atomic E-state index is 11.1. The fraction of sp³-hybridized carbons (Fsp3) is 0.263. The molecule has 8 heteroatoms. The summed E-state index contributed by atoms with van der Waals surface area (Å²) in [4.78, 5) is 15.3. The van der Waals surface area contributed by atoms with E-state index >= 15 is 0 Å². The summed E-state index contributed by atoms with van der Waals surface area (Å²) >= 11 is 5.98. The van der Waals surface area contributed by atoms with Gasteiger partial charge in [0.15, 0.2) is 5.96 Å². The van der Waals surface area contributed by atoms with Gasteiger partial charge >= 0.3 is 0 Å². The van der Waals surface area contributed by atoms with Gasteiger partial charge in [-0.15, -0.1) is 24.0 Å². The Morgan fingerprint density at radius 3 is 2.63 bits per heavy atom. The van der Waals surface area contributed by atoms with Crippen LogP contribution in [0.5, 0.6) is 5.75 Å². The minimum atomic E-state index is -0.113. The highest BCUT2D eigenvalue weighted by atomic mass is 127. The Hall–Kier alpha value is -2.00. The first kappa shape index (κ1) is 23.0. The molecule has 0 aliphatic rings. The number of nitrogens with one attached hydrogen (secondary N) is 3. The standard InChI is InChI=1S/C19H23ClN4O2.HI/c1-14(25)24-17-7-4-8-18(12-17)26-10-9-22-19(21-2)23-13-15-5-3-6-16(20)11-15;/h3-8,11-12H,9-10,13H2,1-2H3,(H,24,25)(H2,21,22,23);1H. The summed E-state index contributed by atoms with van der Waals surface area (Å²) in [6.45, 7) is 3.14. The Balaban J connectivity index is 0.00000364. The zero-order chi connectivity index (χ0) is 18.8. The number of nitrogens with zero attached hydrogens (tertiary/aromatic N) is 1. The Morgan fingerprint density at radius 2 is 1.93 bits per heavy atom. The second kappa shape index (κ2) is 12.4. The van der Waals surface area contributed by atoms with E-state index in [-0.39, 0.29) is 29.9 Å². The second-order valence-corrected chi connectivity index (χ2v) is 5.98. The summed E-state index contributed by atoms with van der Waals surface area (Å²) in [5.74, 6) is 1.26. The van der Waals surface area contributed by atoms with E-state index in [1.54, 1.807) is 13.1 Å². The van der Waals surface area contributed by atoms with Crippen LogP contribution in [0.15, 0.2) is 53.5 Å². The third-order valence-corrected chi connectivity index (χ3v) is 3.63. The van der Waals surface area contributed by atoms with Crippen molar-refractivity contribution in [3.05, 3.63) is 59.1 Å². The third kappa shape index (κ3) is 8.96. The average Bonchev–Trinajstić information content (AvgIpc) is 2.61. The van der Waals surface area contributed by atoms with Crippen molar-refractivity contribution in [3.8, 4) is 5.75 Å². The highest BCUT2D eigenvalue weighted by Crippen LogP contribution is 2.17. The van der Waals surface area contributed by atoms with Gasteiger partial charge in [0.2, 0.25) is 5.91 Å². The molecule has 0 atom stereocenters. The van der Waals surface area contributed by atoms with E-state index in [0.29, 0.717) is 42.1 Å². The van der Waals surface area contributed by atoms with Gasteiger partial charge in [-0.05, 0) is 29.8 Å².